The van der Waals surface area contributed by atoms with E-state index in [-0.39, 0.29) is 0 Å². The molecule has 0 unspecified atom stereocenters. The highest BCUT2D eigenvalue weighted by molar-refractivity contribution is 6.30. The van der Waals surface area contributed by atoms with Crippen LogP contribution >= 0.6 is 11.6 Å². The minimum absolute atomic E-state index is 0.687. The molecule has 0 radical (unpaired) electrons. The molecule has 1 aliphatic carbocycles. The molecule has 0 bridgehead atoms. The molecule has 1 aromatic carbocycles. The molecule has 2 rings (SSSR count). The Labute approximate surface area is 101 Å². The summed E-state index contributed by atoms with van der Waals surface area (Å²) in [5.41, 5.74) is 1.64. The number of halogens is 1. The molecule has 0 atom stereocenters. The molecule has 1 aromatic rings. The molecule has 0 saturated heterocycles. The molecule has 0 aromatic heterocycles. The van der Waals surface area contributed by atoms with Crippen molar-refractivity contribution >= 4 is 17.3 Å². The smallest absolute Gasteiger partial charge is 0.101 e. The average molecular weight is 235 g/mol. The first-order valence-corrected chi connectivity index (χ1v) is 5.99. The Morgan fingerprint density at radius 2 is 2.25 bits per heavy atom. The highest BCUT2D eigenvalue weighted by Crippen LogP contribution is 2.33. The molecule has 1 fully saturated rings. The van der Waals surface area contributed by atoms with E-state index in [4.69, 9.17) is 16.9 Å². The van der Waals surface area contributed by atoms with Crippen molar-refractivity contribution in [3.8, 4) is 6.07 Å². The van der Waals surface area contributed by atoms with E-state index in [1.54, 1.807) is 12.1 Å². The SMILES string of the molecule is CN(CCC1CC1)c1cc(Cl)ccc1C#N. The lowest BCUT2D eigenvalue weighted by Gasteiger charge is -2.20. The lowest BCUT2D eigenvalue weighted by atomic mass is 10.1. The molecule has 0 N–H and O–H groups in total. The van der Waals surface area contributed by atoms with E-state index >= 15 is 0 Å². The summed E-state index contributed by atoms with van der Waals surface area (Å²) in [4.78, 5) is 2.13. The Kier molecular flexibility index (Phi) is 3.36. The van der Waals surface area contributed by atoms with Gasteiger partial charge in [0.25, 0.3) is 0 Å². The van der Waals surface area contributed by atoms with Crippen molar-refractivity contribution in [1.29, 1.82) is 5.26 Å². The van der Waals surface area contributed by atoms with E-state index in [1.165, 1.54) is 19.3 Å². The zero-order chi connectivity index (χ0) is 11.5. The van der Waals surface area contributed by atoms with E-state index in [9.17, 15) is 0 Å². The van der Waals surface area contributed by atoms with Gasteiger partial charge in [-0.05, 0) is 30.5 Å². The second-order valence-electron chi connectivity index (χ2n) is 4.43. The fourth-order valence-electron chi connectivity index (χ4n) is 1.82. The summed E-state index contributed by atoms with van der Waals surface area (Å²) in [7, 11) is 2.02. The fraction of sp³-hybridized carbons (Fsp3) is 0.462. The molecular formula is C13H15ClN2. The molecule has 0 amide bonds. The van der Waals surface area contributed by atoms with Crippen LogP contribution in [0.2, 0.25) is 5.02 Å². The Balaban J connectivity index is 2.10. The van der Waals surface area contributed by atoms with Crippen LogP contribution in [0.4, 0.5) is 5.69 Å². The van der Waals surface area contributed by atoms with E-state index in [0.29, 0.717) is 10.6 Å². The van der Waals surface area contributed by atoms with Gasteiger partial charge in [0.1, 0.15) is 6.07 Å². The van der Waals surface area contributed by atoms with Crippen molar-refractivity contribution in [3.05, 3.63) is 28.8 Å². The Morgan fingerprint density at radius 1 is 1.50 bits per heavy atom. The van der Waals surface area contributed by atoms with Crippen molar-refractivity contribution < 1.29 is 0 Å². The van der Waals surface area contributed by atoms with E-state index < -0.39 is 0 Å². The monoisotopic (exact) mass is 234 g/mol. The van der Waals surface area contributed by atoms with Gasteiger partial charge in [-0.2, -0.15) is 5.26 Å². The summed E-state index contributed by atoms with van der Waals surface area (Å²) >= 11 is 5.96. The molecule has 16 heavy (non-hydrogen) atoms. The third kappa shape index (κ3) is 2.68. The highest BCUT2D eigenvalue weighted by atomic mass is 35.5. The van der Waals surface area contributed by atoms with Crippen LogP contribution in [0.3, 0.4) is 0 Å². The lowest BCUT2D eigenvalue weighted by Crippen LogP contribution is -2.19. The molecular weight excluding hydrogens is 220 g/mol. The number of nitrogens with zero attached hydrogens (tertiary/aromatic N) is 2. The maximum absolute atomic E-state index is 9.03. The van der Waals surface area contributed by atoms with Crippen molar-refractivity contribution in [3.63, 3.8) is 0 Å². The molecule has 3 heteroatoms. The van der Waals surface area contributed by atoms with Crippen LogP contribution in [-0.4, -0.2) is 13.6 Å². The van der Waals surface area contributed by atoms with Gasteiger partial charge in [0.2, 0.25) is 0 Å². The Bertz CT molecular complexity index is 418. The van der Waals surface area contributed by atoms with Gasteiger partial charge in [0.15, 0.2) is 0 Å². The maximum Gasteiger partial charge on any atom is 0.101 e. The largest absolute Gasteiger partial charge is 0.373 e. The van der Waals surface area contributed by atoms with Gasteiger partial charge in [0, 0.05) is 18.6 Å². The standard InChI is InChI=1S/C13H15ClN2/c1-16(7-6-10-2-3-10)13-8-12(14)5-4-11(13)9-15/h4-5,8,10H,2-3,6-7H2,1H3. The quantitative estimate of drug-likeness (QED) is 0.798. The summed E-state index contributed by atoms with van der Waals surface area (Å²) in [6, 6.07) is 7.62. The average Bonchev–Trinajstić information content (AvgIpc) is 3.09. The zero-order valence-corrected chi connectivity index (χ0v) is 10.2. The third-order valence-electron chi connectivity index (χ3n) is 3.06. The van der Waals surface area contributed by atoms with Crippen molar-refractivity contribution in [2.75, 3.05) is 18.5 Å². The number of benzene rings is 1. The summed E-state index contributed by atoms with van der Waals surface area (Å²) < 4.78 is 0. The zero-order valence-electron chi connectivity index (χ0n) is 9.41. The van der Waals surface area contributed by atoms with Crippen molar-refractivity contribution in [2.24, 2.45) is 5.92 Å². The van der Waals surface area contributed by atoms with Crippen LogP contribution in [0.5, 0.6) is 0 Å². The molecule has 0 heterocycles. The topological polar surface area (TPSA) is 27.0 Å². The Hall–Kier alpha value is -1.20. The number of anilines is 1. The van der Waals surface area contributed by atoms with Crippen LogP contribution in [0.25, 0.3) is 0 Å². The van der Waals surface area contributed by atoms with Gasteiger partial charge >= 0.3 is 0 Å². The molecule has 0 aliphatic heterocycles. The van der Waals surface area contributed by atoms with Gasteiger partial charge in [-0.3, -0.25) is 0 Å². The maximum atomic E-state index is 9.03. The molecule has 84 valence electrons. The number of nitriles is 1. The number of hydrogen-bond donors (Lipinski definition) is 0. The second-order valence-corrected chi connectivity index (χ2v) is 4.86. The van der Waals surface area contributed by atoms with E-state index in [1.807, 2.05) is 13.1 Å². The van der Waals surface area contributed by atoms with Crippen LogP contribution in [0.1, 0.15) is 24.8 Å². The summed E-state index contributed by atoms with van der Waals surface area (Å²) in [6.07, 6.45) is 3.96. The highest BCUT2D eigenvalue weighted by Gasteiger charge is 2.21. The van der Waals surface area contributed by atoms with Crippen LogP contribution in [-0.2, 0) is 0 Å². The van der Waals surface area contributed by atoms with Crippen LogP contribution < -0.4 is 4.90 Å². The predicted molar refractivity (Wildman–Crippen MR) is 66.8 cm³/mol. The number of rotatable bonds is 4. The van der Waals surface area contributed by atoms with Gasteiger partial charge < -0.3 is 4.90 Å². The minimum atomic E-state index is 0.687. The van der Waals surface area contributed by atoms with Crippen molar-refractivity contribution in [2.45, 2.75) is 19.3 Å². The first-order valence-electron chi connectivity index (χ1n) is 5.61. The van der Waals surface area contributed by atoms with E-state index in [0.717, 1.165) is 18.2 Å². The fourth-order valence-corrected chi connectivity index (χ4v) is 1.98. The van der Waals surface area contributed by atoms with Crippen molar-refractivity contribution in [1.82, 2.24) is 0 Å². The van der Waals surface area contributed by atoms with Gasteiger partial charge in [0.05, 0.1) is 11.3 Å². The van der Waals surface area contributed by atoms with Gasteiger partial charge in [-0.25, -0.2) is 0 Å². The first-order chi connectivity index (χ1) is 7.70. The first kappa shape index (κ1) is 11.3. The number of hydrogen-bond acceptors (Lipinski definition) is 2. The Morgan fingerprint density at radius 3 is 2.88 bits per heavy atom. The molecule has 0 spiro atoms. The third-order valence-corrected chi connectivity index (χ3v) is 3.30. The van der Waals surface area contributed by atoms with Gasteiger partial charge in [-0.1, -0.05) is 24.4 Å². The normalized spacial score (nSPS) is 14.6. The van der Waals surface area contributed by atoms with Crippen LogP contribution in [0, 0.1) is 17.2 Å². The molecule has 2 nitrogen and oxygen atoms in total. The molecule has 1 saturated carbocycles. The minimum Gasteiger partial charge on any atom is -0.373 e. The summed E-state index contributed by atoms with van der Waals surface area (Å²) in [5, 5.41) is 9.72. The van der Waals surface area contributed by atoms with E-state index in [2.05, 4.69) is 11.0 Å². The molecule has 1 aliphatic rings. The lowest BCUT2D eigenvalue weighted by molar-refractivity contribution is 0.710. The van der Waals surface area contributed by atoms with Crippen LogP contribution in [0.15, 0.2) is 18.2 Å². The van der Waals surface area contributed by atoms with Gasteiger partial charge in [-0.15, -0.1) is 0 Å². The second kappa shape index (κ2) is 4.76. The summed E-state index contributed by atoms with van der Waals surface area (Å²) in [6.45, 7) is 1.000. The summed E-state index contributed by atoms with van der Waals surface area (Å²) in [5.74, 6) is 0.909. The predicted octanol–water partition coefficient (Wildman–Crippen LogP) is 3.45.